The summed E-state index contributed by atoms with van der Waals surface area (Å²) in [4.78, 5) is 24.6. The average molecular weight is 344 g/mol. The van der Waals surface area contributed by atoms with Crippen LogP contribution < -0.4 is 4.74 Å². The molecule has 20 heavy (non-hydrogen) atoms. The first-order valence-corrected chi connectivity index (χ1v) is 6.88. The maximum Gasteiger partial charge on any atom is 0.339 e. The van der Waals surface area contributed by atoms with Crippen molar-refractivity contribution in [3.05, 3.63) is 28.2 Å². The summed E-state index contributed by atoms with van der Waals surface area (Å²) >= 11 is 3.24. The predicted octanol–water partition coefficient (Wildman–Crippen LogP) is 1.38. The number of amides is 1. The second-order valence-electron chi connectivity index (χ2n) is 4.23. The Morgan fingerprint density at radius 2 is 2.05 bits per heavy atom. The molecule has 0 atom stereocenters. The zero-order chi connectivity index (χ0) is 14.5. The van der Waals surface area contributed by atoms with Gasteiger partial charge in [-0.1, -0.05) is 15.9 Å². The lowest BCUT2D eigenvalue weighted by Gasteiger charge is -2.26. The number of rotatable bonds is 4. The molecule has 1 N–H and O–H groups in total. The van der Waals surface area contributed by atoms with Gasteiger partial charge in [-0.05, 0) is 18.2 Å². The molecule has 0 aromatic heterocycles. The molecule has 6 nitrogen and oxygen atoms in total. The highest BCUT2D eigenvalue weighted by atomic mass is 79.9. The van der Waals surface area contributed by atoms with E-state index < -0.39 is 5.97 Å². The van der Waals surface area contributed by atoms with Crippen molar-refractivity contribution in [1.29, 1.82) is 0 Å². The summed E-state index contributed by atoms with van der Waals surface area (Å²) in [5, 5.41) is 9.06. The molecule has 108 valence electrons. The van der Waals surface area contributed by atoms with Crippen molar-refractivity contribution in [1.82, 2.24) is 4.90 Å². The van der Waals surface area contributed by atoms with Gasteiger partial charge in [-0.25, -0.2) is 4.79 Å². The van der Waals surface area contributed by atoms with Crippen LogP contribution in [0.25, 0.3) is 0 Å². The number of aromatic carboxylic acids is 1. The van der Waals surface area contributed by atoms with Gasteiger partial charge >= 0.3 is 5.97 Å². The molecule has 1 aliphatic rings. The molecule has 0 radical (unpaired) electrons. The first kappa shape index (κ1) is 14.8. The summed E-state index contributed by atoms with van der Waals surface area (Å²) < 4.78 is 11.2. The number of halogens is 1. The van der Waals surface area contributed by atoms with Crippen molar-refractivity contribution >= 4 is 27.8 Å². The van der Waals surface area contributed by atoms with Crippen LogP contribution in [0.4, 0.5) is 0 Å². The number of ether oxygens (including phenoxy) is 2. The van der Waals surface area contributed by atoms with Crippen LogP contribution in [0.5, 0.6) is 5.75 Å². The first-order valence-electron chi connectivity index (χ1n) is 6.09. The van der Waals surface area contributed by atoms with Crippen molar-refractivity contribution in [2.45, 2.75) is 0 Å². The topological polar surface area (TPSA) is 76.1 Å². The molecule has 1 aliphatic heterocycles. The summed E-state index contributed by atoms with van der Waals surface area (Å²) in [6, 6.07) is 4.58. The molecule has 0 aliphatic carbocycles. The lowest BCUT2D eigenvalue weighted by Crippen LogP contribution is -2.43. The quantitative estimate of drug-likeness (QED) is 0.893. The Labute approximate surface area is 124 Å². The molecular formula is C13H14BrNO5. The molecule has 1 saturated heterocycles. The zero-order valence-electron chi connectivity index (χ0n) is 10.7. The Morgan fingerprint density at radius 1 is 1.35 bits per heavy atom. The first-order chi connectivity index (χ1) is 9.58. The fraction of sp³-hybridized carbons (Fsp3) is 0.385. The molecule has 1 amide bonds. The Hall–Kier alpha value is -1.60. The number of carboxylic acids is 1. The van der Waals surface area contributed by atoms with Gasteiger partial charge in [-0.2, -0.15) is 0 Å². The van der Waals surface area contributed by atoms with Gasteiger partial charge in [0.05, 0.1) is 13.2 Å². The van der Waals surface area contributed by atoms with Crippen LogP contribution in [0.15, 0.2) is 22.7 Å². The van der Waals surface area contributed by atoms with Gasteiger partial charge in [-0.15, -0.1) is 0 Å². The molecule has 1 aromatic carbocycles. The lowest BCUT2D eigenvalue weighted by molar-refractivity contribution is -0.137. The second-order valence-corrected chi connectivity index (χ2v) is 5.14. The Balaban J connectivity index is 2.01. The van der Waals surface area contributed by atoms with Gasteiger partial charge in [0.1, 0.15) is 11.3 Å². The average Bonchev–Trinajstić information content (AvgIpc) is 2.45. The third-order valence-electron chi connectivity index (χ3n) is 2.89. The number of nitrogens with zero attached hydrogens (tertiary/aromatic N) is 1. The van der Waals surface area contributed by atoms with E-state index in [1.54, 1.807) is 11.0 Å². The zero-order valence-corrected chi connectivity index (χ0v) is 12.3. The third kappa shape index (κ3) is 3.71. The number of hydrogen-bond donors (Lipinski definition) is 1. The molecule has 0 saturated carbocycles. The van der Waals surface area contributed by atoms with E-state index >= 15 is 0 Å². The molecule has 0 spiro atoms. The number of carbonyl (C=O) groups excluding carboxylic acids is 1. The summed E-state index contributed by atoms with van der Waals surface area (Å²) in [6.45, 7) is 1.92. The number of hydrogen-bond acceptors (Lipinski definition) is 4. The molecular weight excluding hydrogens is 330 g/mol. The van der Waals surface area contributed by atoms with Crippen LogP contribution in [0.3, 0.4) is 0 Å². The smallest absolute Gasteiger partial charge is 0.339 e. The van der Waals surface area contributed by atoms with Crippen LogP contribution in [0.1, 0.15) is 10.4 Å². The number of benzene rings is 1. The van der Waals surface area contributed by atoms with Crippen LogP contribution in [-0.2, 0) is 9.53 Å². The van der Waals surface area contributed by atoms with E-state index in [1.807, 2.05) is 0 Å². The normalized spacial score (nSPS) is 14.9. The SMILES string of the molecule is O=C(O)c1ccc(Br)cc1OCC(=O)N1CCOCC1. The van der Waals surface area contributed by atoms with E-state index in [0.29, 0.717) is 30.8 Å². The summed E-state index contributed by atoms with van der Waals surface area (Å²) in [5.74, 6) is -1.09. The Bertz CT molecular complexity index is 513. The summed E-state index contributed by atoms with van der Waals surface area (Å²) in [6.07, 6.45) is 0. The monoisotopic (exact) mass is 343 g/mol. The van der Waals surface area contributed by atoms with Gasteiger partial charge in [0.15, 0.2) is 6.61 Å². The summed E-state index contributed by atoms with van der Waals surface area (Å²) in [5.41, 5.74) is 0.0305. The van der Waals surface area contributed by atoms with Crippen LogP contribution >= 0.6 is 15.9 Å². The maximum absolute atomic E-state index is 11.9. The standard InChI is InChI=1S/C13H14BrNO5/c14-9-1-2-10(13(17)18)11(7-9)20-8-12(16)15-3-5-19-6-4-15/h1-2,7H,3-6,8H2,(H,17,18). The minimum Gasteiger partial charge on any atom is -0.483 e. The van der Waals surface area contributed by atoms with Gasteiger partial charge in [-0.3, -0.25) is 4.79 Å². The van der Waals surface area contributed by atoms with Crippen molar-refractivity contribution < 1.29 is 24.2 Å². The molecule has 1 aromatic rings. The van der Waals surface area contributed by atoms with Crippen molar-refractivity contribution in [2.24, 2.45) is 0 Å². The highest BCUT2D eigenvalue weighted by Gasteiger charge is 2.19. The number of carbonyl (C=O) groups is 2. The molecule has 2 rings (SSSR count). The molecule has 0 bridgehead atoms. The third-order valence-corrected chi connectivity index (χ3v) is 3.38. The number of carboxylic acid groups (broad SMARTS) is 1. The van der Waals surface area contributed by atoms with E-state index in [0.717, 1.165) is 0 Å². The van der Waals surface area contributed by atoms with E-state index in [1.165, 1.54) is 12.1 Å². The minimum absolute atomic E-state index is 0.0305. The van der Waals surface area contributed by atoms with Crippen LogP contribution in [-0.4, -0.2) is 54.8 Å². The van der Waals surface area contributed by atoms with Crippen LogP contribution in [0.2, 0.25) is 0 Å². The van der Waals surface area contributed by atoms with Crippen molar-refractivity contribution in [3.63, 3.8) is 0 Å². The van der Waals surface area contributed by atoms with E-state index in [4.69, 9.17) is 14.6 Å². The van der Waals surface area contributed by atoms with Gasteiger partial charge in [0.25, 0.3) is 5.91 Å². The number of morpholine rings is 1. The Kier molecular flexibility index (Phi) is 4.97. The van der Waals surface area contributed by atoms with Gasteiger partial charge in [0, 0.05) is 17.6 Å². The van der Waals surface area contributed by atoms with E-state index in [2.05, 4.69) is 15.9 Å². The van der Waals surface area contributed by atoms with Gasteiger partial charge < -0.3 is 19.5 Å². The van der Waals surface area contributed by atoms with Crippen molar-refractivity contribution in [3.8, 4) is 5.75 Å². The van der Waals surface area contributed by atoms with Crippen molar-refractivity contribution in [2.75, 3.05) is 32.9 Å². The largest absolute Gasteiger partial charge is 0.483 e. The highest BCUT2D eigenvalue weighted by Crippen LogP contribution is 2.23. The minimum atomic E-state index is -1.09. The molecule has 1 heterocycles. The summed E-state index contributed by atoms with van der Waals surface area (Å²) in [7, 11) is 0. The lowest BCUT2D eigenvalue weighted by atomic mass is 10.2. The Morgan fingerprint density at radius 3 is 2.70 bits per heavy atom. The maximum atomic E-state index is 11.9. The predicted molar refractivity (Wildman–Crippen MR) is 74.0 cm³/mol. The van der Waals surface area contributed by atoms with Crippen LogP contribution in [0, 0.1) is 0 Å². The van der Waals surface area contributed by atoms with E-state index in [9.17, 15) is 9.59 Å². The van der Waals surface area contributed by atoms with Gasteiger partial charge in [0.2, 0.25) is 0 Å². The second kappa shape index (κ2) is 6.71. The molecule has 0 unspecified atom stereocenters. The fourth-order valence-corrected chi connectivity index (χ4v) is 2.18. The fourth-order valence-electron chi connectivity index (χ4n) is 1.84. The van der Waals surface area contributed by atoms with E-state index in [-0.39, 0.29) is 23.8 Å². The molecule has 1 fully saturated rings. The molecule has 7 heteroatoms. The highest BCUT2D eigenvalue weighted by molar-refractivity contribution is 9.10.